The van der Waals surface area contributed by atoms with Crippen molar-refractivity contribution in [3.05, 3.63) is 12.7 Å². The molecule has 0 bridgehead atoms. The number of hydrogen-bond donors (Lipinski definition) is 0. The van der Waals surface area contributed by atoms with Crippen LogP contribution in [0.3, 0.4) is 0 Å². The average molecular weight is 325 g/mol. The predicted octanol–water partition coefficient (Wildman–Crippen LogP) is 1.50. The normalized spacial score (nSPS) is 21.6. The molecule has 0 aliphatic carbocycles. The Kier molecular flexibility index (Phi) is 6.06. The van der Waals surface area contributed by atoms with Crippen LogP contribution in [-0.4, -0.2) is 53.3 Å². The van der Waals surface area contributed by atoms with Crippen LogP contribution < -0.4 is 0 Å². The molecule has 0 N–H and O–H groups in total. The van der Waals surface area contributed by atoms with E-state index in [1.165, 1.54) is 11.0 Å². The molecule has 23 heavy (non-hydrogen) atoms. The standard InChI is InChI=1S/C16H23NO6/c1-6-10-8-12(18)11(13(19)14(20)22-7-2)9-17(10)15(21)23-16(3,4)5/h6,10-11H,1,7-9H2,2-5H3. The maximum atomic E-state index is 12.3. The molecule has 0 aromatic heterocycles. The molecule has 0 saturated carbocycles. The summed E-state index contributed by atoms with van der Waals surface area (Å²) >= 11 is 0. The fourth-order valence-electron chi connectivity index (χ4n) is 2.21. The van der Waals surface area contributed by atoms with Crippen molar-refractivity contribution in [3.63, 3.8) is 0 Å². The number of hydrogen-bond acceptors (Lipinski definition) is 6. The Morgan fingerprint density at radius 1 is 1.35 bits per heavy atom. The molecular formula is C16H23NO6. The van der Waals surface area contributed by atoms with Crippen LogP contribution in [0.1, 0.15) is 34.1 Å². The van der Waals surface area contributed by atoms with Gasteiger partial charge in [-0.3, -0.25) is 9.59 Å². The largest absolute Gasteiger partial charge is 0.460 e. The lowest BCUT2D eigenvalue weighted by molar-refractivity contribution is -0.158. The van der Waals surface area contributed by atoms with Gasteiger partial charge in [0, 0.05) is 13.0 Å². The zero-order chi connectivity index (χ0) is 17.8. The van der Waals surface area contributed by atoms with Crippen molar-refractivity contribution < 1.29 is 28.7 Å². The Balaban J connectivity index is 2.95. The van der Waals surface area contributed by atoms with Gasteiger partial charge in [0.25, 0.3) is 5.78 Å². The third-order valence-electron chi connectivity index (χ3n) is 3.27. The summed E-state index contributed by atoms with van der Waals surface area (Å²) in [6.07, 6.45) is 0.711. The van der Waals surface area contributed by atoms with Crippen LogP contribution in [0, 0.1) is 5.92 Å². The van der Waals surface area contributed by atoms with Crippen molar-refractivity contribution >= 4 is 23.6 Å². The lowest BCUT2D eigenvalue weighted by Crippen LogP contribution is -2.54. The zero-order valence-corrected chi connectivity index (χ0v) is 14.0. The van der Waals surface area contributed by atoms with Gasteiger partial charge in [-0.15, -0.1) is 6.58 Å². The molecule has 2 unspecified atom stereocenters. The minimum Gasteiger partial charge on any atom is -0.460 e. The van der Waals surface area contributed by atoms with Gasteiger partial charge in [-0.05, 0) is 27.7 Å². The minimum atomic E-state index is -1.22. The van der Waals surface area contributed by atoms with Crippen LogP contribution in [0.15, 0.2) is 12.7 Å². The Labute approximate surface area is 135 Å². The van der Waals surface area contributed by atoms with Crippen molar-refractivity contribution in [2.75, 3.05) is 13.2 Å². The summed E-state index contributed by atoms with van der Waals surface area (Å²) in [5.41, 5.74) is -0.717. The van der Waals surface area contributed by atoms with Gasteiger partial charge in [0.05, 0.1) is 12.6 Å². The third kappa shape index (κ3) is 4.91. The third-order valence-corrected chi connectivity index (χ3v) is 3.27. The molecule has 7 heteroatoms. The molecular weight excluding hydrogens is 302 g/mol. The molecule has 1 rings (SSSR count). The first-order valence-corrected chi connectivity index (χ1v) is 7.46. The van der Waals surface area contributed by atoms with E-state index in [9.17, 15) is 19.2 Å². The van der Waals surface area contributed by atoms with Crippen molar-refractivity contribution in [2.45, 2.75) is 45.8 Å². The first-order valence-electron chi connectivity index (χ1n) is 7.46. The smallest absolute Gasteiger partial charge is 0.410 e. The summed E-state index contributed by atoms with van der Waals surface area (Å²) in [6, 6.07) is -0.566. The average Bonchev–Trinajstić information content (AvgIpc) is 2.44. The SMILES string of the molecule is C=CC1CC(=O)C(C(=O)C(=O)OCC)CN1C(=O)OC(C)(C)C. The monoisotopic (exact) mass is 325 g/mol. The van der Waals surface area contributed by atoms with Gasteiger partial charge in [0.2, 0.25) is 0 Å². The summed E-state index contributed by atoms with van der Waals surface area (Å²) in [6.45, 7) is 10.1. The van der Waals surface area contributed by atoms with Crippen molar-refractivity contribution in [3.8, 4) is 0 Å². The van der Waals surface area contributed by atoms with E-state index in [-0.39, 0.29) is 19.6 Å². The number of rotatable bonds is 4. The van der Waals surface area contributed by atoms with Gasteiger partial charge in [0.1, 0.15) is 17.3 Å². The summed E-state index contributed by atoms with van der Waals surface area (Å²) in [5, 5.41) is 0. The lowest BCUT2D eigenvalue weighted by Gasteiger charge is -2.37. The summed E-state index contributed by atoms with van der Waals surface area (Å²) < 4.78 is 9.92. The highest BCUT2D eigenvalue weighted by molar-refractivity contribution is 6.38. The van der Waals surface area contributed by atoms with Crippen molar-refractivity contribution in [1.29, 1.82) is 0 Å². The molecule has 0 aromatic rings. The Bertz CT molecular complexity index is 519. The van der Waals surface area contributed by atoms with E-state index >= 15 is 0 Å². The van der Waals surface area contributed by atoms with Crippen molar-refractivity contribution in [2.24, 2.45) is 5.92 Å². The first kappa shape index (κ1) is 18.9. The maximum Gasteiger partial charge on any atom is 0.410 e. The molecule has 0 spiro atoms. The van der Waals surface area contributed by atoms with Crippen LogP contribution in [0.5, 0.6) is 0 Å². The van der Waals surface area contributed by atoms with Gasteiger partial charge in [0.15, 0.2) is 0 Å². The van der Waals surface area contributed by atoms with Gasteiger partial charge >= 0.3 is 12.1 Å². The number of piperidine rings is 1. The predicted molar refractivity (Wildman–Crippen MR) is 81.7 cm³/mol. The van der Waals surface area contributed by atoms with Crippen LogP contribution in [0.2, 0.25) is 0 Å². The van der Waals surface area contributed by atoms with E-state index < -0.39 is 41.2 Å². The van der Waals surface area contributed by atoms with Crippen LogP contribution in [-0.2, 0) is 23.9 Å². The second-order valence-corrected chi connectivity index (χ2v) is 6.24. The Morgan fingerprint density at radius 2 is 1.96 bits per heavy atom. The molecule has 1 amide bonds. The molecule has 1 aliphatic rings. The number of esters is 1. The van der Waals surface area contributed by atoms with E-state index in [0.717, 1.165) is 0 Å². The molecule has 0 aromatic carbocycles. The van der Waals surface area contributed by atoms with E-state index in [4.69, 9.17) is 4.74 Å². The van der Waals surface area contributed by atoms with Crippen LogP contribution in [0.25, 0.3) is 0 Å². The molecule has 1 aliphatic heterocycles. The number of Topliss-reactive ketones (excluding diaryl/α,β-unsaturated/α-hetero) is 2. The maximum absolute atomic E-state index is 12.3. The fraction of sp³-hybridized carbons (Fsp3) is 0.625. The van der Waals surface area contributed by atoms with Crippen LogP contribution in [0.4, 0.5) is 4.79 Å². The van der Waals surface area contributed by atoms with Crippen molar-refractivity contribution in [1.82, 2.24) is 4.90 Å². The van der Waals surface area contributed by atoms with E-state index in [2.05, 4.69) is 11.3 Å². The van der Waals surface area contributed by atoms with Gasteiger partial charge in [-0.1, -0.05) is 6.08 Å². The number of ether oxygens (including phenoxy) is 2. The summed E-state index contributed by atoms with van der Waals surface area (Å²) in [5.74, 6) is -3.63. The second kappa shape index (κ2) is 7.39. The second-order valence-electron chi connectivity index (χ2n) is 6.24. The van der Waals surface area contributed by atoms with E-state index in [0.29, 0.717) is 0 Å². The fourth-order valence-corrected chi connectivity index (χ4v) is 2.21. The molecule has 1 fully saturated rings. The van der Waals surface area contributed by atoms with E-state index in [1.807, 2.05) is 0 Å². The first-order chi connectivity index (χ1) is 10.6. The topological polar surface area (TPSA) is 90.0 Å². The summed E-state index contributed by atoms with van der Waals surface area (Å²) in [4.78, 5) is 49.2. The number of amides is 1. The molecule has 1 heterocycles. The Morgan fingerprint density at radius 3 is 2.43 bits per heavy atom. The molecule has 128 valence electrons. The highest BCUT2D eigenvalue weighted by Crippen LogP contribution is 2.23. The number of carbonyl (C=O) groups excluding carboxylic acids is 4. The number of likely N-dealkylation sites (tertiary alicyclic amines) is 1. The van der Waals surface area contributed by atoms with Crippen LogP contribution >= 0.6 is 0 Å². The van der Waals surface area contributed by atoms with Gasteiger partial charge in [-0.2, -0.15) is 0 Å². The minimum absolute atomic E-state index is 0.0382. The van der Waals surface area contributed by atoms with Gasteiger partial charge < -0.3 is 14.4 Å². The Hall–Kier alpha value is -2.18. The highest BCUT2D eigenvalue weighted by Gasteiger charge is 2.43. The molecule has 0 radical (unpaired) electrons. The number of carbonyl (C=O) groups is 4. The molecule has 2 atom stereocenters. The van der Waals surface area contributed by atoms with Gasteiger partial charge in [-0.25, -0.2) is 9.59 Å². The lowest BCUT2D eigenvalue weighted by atomic mass is 9.88. The highest BCUT2D eigenvalue weighted by atomic mass is 16.6. The molecule has 1 saturated heterocycles. The number of ketones is 2. The van der Waals surface area contributed by atoms with E-state index in [1.54, 1.807) is 27.7 Å². The zero-order valence-electron chi connectivity index (χ0n) is 14.0. The quantitative estimate of drug-likeness (QED) is 0.337. The summed E-state index contributed by atoms with van der Waals surface area (Å²) in [7, 11) is 0. The number of nitrogens with zero attached hydrogens (tertiary/aromatic N) is 1. The molecule has 7 nitrogen and oxygen atoms in total.